The Bertz CT molecular complexity index is 636. The fourth-order valence-corrected chi connectivity index (χ4v) is 2.39. The van der Waals surface area contributed by atoms with Gasteiger partial charge in [0.25, 0.3) is 0 Å². The van der Waals surface area contributed by atoms with Crippen LogP contribution < -0.4 is 5.73 Å². The lowest BCUT2D eigenvalue weighted by atomic mass is 9.91. The summed E-state index contributed by atoms with van der Waals surface area (Å²) in [5.41, 5.74) is 12.1. The molecule has 0 unspecified atom stereocenters. The standard InChI is InChI=1S/C20H23N/c1-4-5-7-12-17-13-18(15(2)3)14-19(20(17)21)16-10-8-6-9-11-16/h4-11,13-15H,1,12,21H2,2-3H3. The van der Waals surface area contributed by atoms with Crippen molar-refractivity contribution in [1.82, 2.24) is 0 Å². The minimum atomic E-state index is 0.482. The van der Waals surface area contributed by atoms with Crippen LogP contribution in [0.3, 0.4) is 0 Å². The van der Waals surface area contributed by atoms with Crippen LogP contribution in [0.4, 0.5) is 5.69 Å². The zero-order valence-corrected chi connectivity index (χ0v) is 12.8. The highest BCUT2D eigenvalue weighted by Gasteiger charge is 2.11. The Morgan fingerprint density at radius 1 is 1.14 bits per heavy atom. The molecule has 0 radical (unpaired) electrons. The third kappa shape index (κ3) is 3.63. The van der Waals surface area contributed by atoms with Gasteiger partial charge in [-0.05, 0) is 35.1 Å². The van der Waals surface area contributed by atoms with E-state index in [2.05, 4.69) is 50.8 Å². The molecule has 0 aliphatic heterocycles. The Morgan fingerprint density at radius 3 is 2.48 bits per heavy atom. The van der Waals surface area contributed by atoms with Gasteiger partial charge in [0.2, 0.25) is 0 Å². The van der Waals surface area contributed by atoms with E-state index in [-0.39, 0.29) is 0 Å². The minimum Gasteiger partial charge on any atom is -0.398 e. The zero-order chi connectivity index (χ0) is 15.2. The first-order valence-corrected chi connectivity index (χ1v) is 7.38. The van der Waals surface area contributed by atoms with Crippen molar-refractivity contribution < 1.29 is 0 Å². The normalized spacial score (nSPS) is 11.2. The molecule has 1 nitrogen and oxygen atoms in total. The molecular formula is C20H23N. The molecule has 0 bridgehead atoms. The topological polar surface area (TPSA) is 26.0 Å². The van der Waals surface area contributed by atoms with Crippen molar-refractivity contribution in [1.29, 1.82) is 0 Å². The van der Waals surface area contributed by atoms with E-state index in [1.54, 1.807) is 6.08 Å². The van der Waals surface area contributed by atoms with Gasteiger partial charge in [-0.25, -0.2) is 0 Å². The second kappa shape index (κ2) is 6.94. The highest BCUT2D eigenvalue weighted by atomic mass is 14.6. The van der Waals surface area contributed by atoms with E-state index in [4.69, 9.17) is 5.73 Å². The van der Waals surface area contributed by atoms with Gasteiger partial charge in [0.15, 0.2) is 0 Å². The maximum Gasteiger partial charge on any atom is 0.0429 e. The molecule has 0 fully saturated rings. The first-order valence-electron chi connectivity index (χ1n) is 7.38. The maximum absolute atomic E-state index is 6.41. The van der Waals surface area contributed by atoms with Crippen LogP contribution in [0.25, 0.3) is 11.1 Å². The number of nitrogen functional groups attached to an aromatic ring is 1. The van der Waals surface area contributed by atoms with Gasteiger partial charge in [-0.2, -0.15) is 0 Å². The van der Waals surface area contributed by atoms with Crippen LogP contribution >= 0.6 is 0 Å². The lowest BCUT2D eigenvalue weighted by Crippen LogP contribution is -2.00. The smallest absolute Gasteiger partial charge is 0.0429 e. The highest BCUT2D eigenvalue weighted by Crippen LogP contribution is 2.33. The SMILES string of the molecule is C=CC=CCc1cc(C(C)C)cc(-c2ccccc2)c1N. The molecule has 108 valence electrons. The molecule has 0 heterocycles. The first kappa shape index (κ1) is 15.1. The molecule has 2 aromatic rings. The molecule has 0 saturated carbocycles. The predicted molar refractivity (Wildman–Crippen MR) is 93.4 cm³/mol. The van der Waals surface area contributed by atoms with E-state index in [0.29, 0.717) is 5.92 Å². The molecule has 0 aliphatic carbocycles. The summed E-state index contributed by atoms with van der Waals surface area (Å²) in [6, 6.07) is 14.8. The molecule has 0 saturated heterocycles. The number of rotatable bonds is 5. The number of hydrogen-bond donors (Lipinski definition) is 1. The second-order valence-electron chi connectivity index (χ2n) is 5.53. The summed E-state index contributed by atoms with van der Waals surface area (Å²) in [7, 11) is 0. The van der Waals surface area contributed by atoms with Gasteiger partial charge in [-0.1, -0.05) is 75.1 Å². The first-order chi connectivity index (χ1) is 10.1. The van der Waals surface area contributed by atoms with Crippen molar-refractivity contribution in [3.8, 4) is 11.1 Å². The number of allylic oxidation sites excluding steroid dienone is 3. The number of benzene rings is 2. The van der Waals surface area contributed by atoms with Crippen LogP contribution in [-0.2, 0) is 6.42 Å². The monoisotopic (exact) mass is 277 g/mol. The summed E-state index contributed by atoms with van der Waals surface area (Å²) in [6.45, 7) is 8.13. The van der Waals surface area contributed by atoms with Crippen molar-refractivity contribution in [2.45, 2.75) is 26.2 Å². The lowest BCUT2D eigenvalue weighted by Gasteiger charge is -2.15. The summed E-state index contributed by atoms with van der Waals surface area (Å²) >= 11 is 0. The molecule has 0 amide bonds. The van der Waals surface area contributed by atoms with Crippen molar-refractivity contribution in [3.05, 3.63) is 78.4 Å². The van der Waals surface area contributed by atoms with Crippen molar-refractivity contribution in [2.75, 3.05) is 5.73 Å². The highest BCUT2D eigenvalue weighted by molar-refractivity contribution is 5.79. The van der Waals surface area contributed by atoms with E-state index < -0.39 is 0 Å². The van der Waals surface area contributed by atoms with Gasteiger partial charge in [0, 0.05) is 11.3 Å². The van der Waals surface area contributed by atoms with E-state index in [9.17, 15) is 0 Å². The summed E-state index contributed by atoms with van der Waals surface area (Å²) in [5, 5.41) is 0. The summed E-state index contributed by atoms with van der Waals surface area (Å²) in [5.74, 6) is 0.482. The van der Waals surface area contributed by atoms with Gasteiger partial charge in [0.05, 0.1) is 0 Å². The average molecular weight is 277 g/mol. The third-order valence-corrected chi connectivity index (χ3v) is 3.65. The van der Waals surface area contributed by atoms with Crippen LogP contribution in [0.5, 0.6) is 0 Å². The molecule has 2 N–H and O–H groups in total. The fourth-order valence-electron chi connectivity index (χ4n) is 2.39. The largest absolute Gasteiger partial charge is 0.398 e. The third-order valence-electron chi connectivity index (χ3n) is 3.65. The number of anilines is 1. The van der Waals surface area contributed by atoms with E-state index >= 15 is 0 Å². The van der Waals surface area contributed by atoms with Crippen LogP contribution in [-0.4, -0.2) is 0 Å². The molecule has 21 heavy (non-hydrogen) atoms. The van der Waals surface area contributed by atoms with E-state index in [1.165, 1.54) is 16.7 Å². The van der Waals surface area contributed by atoms with Crippen LogP contribution in [0.1, 0.15) is 30.9 Å². The fraction of sp³-hybridized carbons (Fsp3) is 0.200. The molecule has 0 aromatic heterocycles. The van der Waals surface area contributed by atoms with Gasteiger partial charge in [-0.3, -0.25) is 0 Å². The minimum absolute atomic E-state index is 0.482. The van der Waals surface area contributed by atoms with Gasteiger partial charge < -0.3 is 5.73 Å². The molecule has 0 aliphatic rings. The number of nitrogens with two attached hydrogens (primary N) is 1. The van der Waals surface area contributed by atoms with Crippen LogP contribution in [0.15, 0.2) is 67.3 Å². The molecule has 2 aromatic carbocycles. The molecule has 0 spiro atoms. The zero-order valence-electron chi connectivity index (χ0n) is 12.8. The summed E-state index contributed by atoms with van der Waals surface area (Å²) in [4.78, 5) is 0. The molecule has 1 heteroatoms. The van der Waals surface area contributed by atoms with E-state index in [1.807, 2.05) is 24.3 Å². The summed E-state index contributed by atoms with van der Waals surface area (Å²) < 4.78 is 0. The van der Waals surface area contributed by atoms with Crippen LogP contribution in [0.2, 0.25) is 0 Å². The van der Waals surface area contributed by atoms with Crippen molar-refractivity contribution in [3.63, 3.8) is 0 Å². The second-order valence-corrected chi connectivity index (χ2v) is 5.53. The maximum atomic E-state index is 6.41. The summed E-state index contributed by atoms with van der Waals surface area (Å²) in [6.07, 6.45) is 6.68. The molecule has 2 rings (SSSR count). The van der Waals surface area contributed by atoms with Crippen molar-refractivity contribution >= 4 is 5.69 Å². The Balaban J connectivity index is 2.53. The Kier molecular flexibility index (Phi) is 4.99. The van der Waals surface area contributed by atoms with Crippen molar-refractivity contribution in [2.24, 2.45) is 0 Å². The number of hydrogen-bond acceptors (Lipinski definition) is 1. The van der Waals surface area contributed by atoms with Gasteiger partial charge >= 0.3 is 0 Å². The Morgan fingerprint density at radius 2 is 1.86 bits per heavy atom. The lowest BCUT2D eigenvalue weighted by molar-refractivity contribution is 0.864. The Labute approximate surface area is 127 Å². The Hall–Kier alpha value is -2.28. The quantitative estimate of drug-likeness (QED) is 0.579. The molecule has 0 atom stereocenters. The van der Waals surface area contributed by atoms with E-state index in [0.717, 1.165) is 17.7 Å². The average Bonchev–Trinajstić information content (AvgIpc) is 2.50. The predicted octanol–water partition coefficient (Wildman–Crippen LogP) is 5.34. The van der Waals surface area contributed by atoms with Gasteiger partial charge in [0.1, 0.15) is 0 Å². The van der Waals surface area contributed by atoms with Gasteiger partial charge in [-0.15, -0.1) is 0 Å². The molecular weight excluding hydrogens is 254 g/mol. The van der Waals surface area contributed by atoms with Crippen LogP contribution in [0, 0.1) is 0 Å².